The van der Waals surface area contributed by atoms with Crippen molar-refractivity contribution in [1.82, 2.24) is 20.3 Å². The summed E-state index contributed by atoms with van der Waals surface area (Å²) in [7, 11) is 1.47. The monoisotopic (exact) mass is 278 g/mol. The highest BCUT2D eigenvalue weighted by Crippen LogP contribution is 2.22. The number of nitrogens with zero attached hydrogens (tertiary/aromatic N) is 3. The van der Waals surface area contributed by atoms with E-state index in [1.807, 2.05) is 13.1 Å². The highest BCUT2D eigenvalue weighted by Gasteiger charge is 2.09. The zero-order valence-electron chi connectivity index (χ0n) is 11.7. The third kappa shape index (κ3) is 3.77. The van der Waals surface area contributed by atoms with Crippen molar-refractivity contribution in [3.8, 4) is 5.75 Å². The van der Waals surface area contributed by atoms with E-state index in [-0.39, 0.29) is 17.6 Å². The second kappa shape index (κ2) is 7.00. The Morgan fingerprint density at radius 3 is 3.00 bits per heavy atom. The minimum atomic E-state index is -0.338. The molecule has 0 amide bonds. The Bertz CT molecular complexity index is 530. The average molecular weight is 278 g/mol. The van der Waals surface area contributed by atoms with E-state index in [9.17, 15) is 4.39 Å². The summed E-state index contributed by atoms with van der Waals surface area (Å²) in [6, 6.07) is 5.07. The van der Waals surface area contributed by atoms with Gasteiger partial charge in [-0.3, -0.25) is 4.68 Å². The Balaban J connectivity index is 1.80. The highest BCUT2D eigenvalue weighted by atomic mass is 19.1. The Kier molecular flexibility index (Phi) is 5.06. The van der Waals surface area contributed by atoms with Crippen LogP contribution in [0.4, 0.5) is 4.39 Å². The van der Waals surface area contributed by atoms with Crippen molar-refractivity contribution in [2.75, 3.05) is 13.7 Å². The fraction of sp³-hybridized carbons (Fsp3) is 0.429. The van der Waals surface area contributed by atoms with Crippen molar-refractivity contribution in [2.45, 2.75) is 25.9 Å². The van der Waals surface area contributed by atoms with Crippen LogP contribution in [0.5, 0.6) is 5.75 Å². The van der Waals surface area contributed by atoms with Crippen LogP contribution in [0, 0.1) is 5.82 Å². The lowest BCUT2D eigenvalue weighted by Gasteiger charge is -2.15. The predicted molar refractivity (Wildman–Crippen MR) is 74.0 cm³/mol. The van der Waals surface area contributed by atoms with Gasteiger partial charge >= 0.3 is 0 Å². The summed E-state index contributed by atoms with van der Waals surface area (Å²) in [5.41, 5.74) is 1.00. The minimum absolute atomic E-state index is 0.139. The minimum Gasteiger partial charge on any atom is -0.494 e. The molecule has 0 aliphatic carbocycles. The lowest BCUT2D eigenvalue weighted by molar-refractivity contribution is 0.385. The Labute approximate surface area is 117 Å². The zero-order valence-corrected chi connectivity index (χ0v) is 11.7. The molecular formula is C14H19FN4O. The molecule has 0 radical (unpaired) electrons. The van der Waals surface area contributed by atoms with Crippen LogP contribution in [0.1, 0.15) is 24.9 Å². The first kappa shape index (κ1) is 14.5. The fourth-order valence-electron chi connectivity index (χ4n) is 1.98. The molecule has 1 aromatic heterocycles. The molecule has 1 heterocycles. The van der Waals surface area contributed by atoms with Gasteiger partial charge in [0.25, 0.3) is 0 Å². The van der Waals surface area contributed by atoms with Crippen LogP contribution in [0.25, 0.3) is 0 Å². The third-order valence-electron chi connectivity index (χ3n) is 3.16. The van der Waals surface area contributed by atoms with Gasteiger partial charge in [0.15, 0.2) is 11.6 Å². The molecule has 1 atom stereocenters. The molecule has 2 aromatic rings. The summed E-state index contributed by atoms with van der Waals surface area (Å²) >= 11 is 0. The molecule has 1 N–H and O–H groups in total. The van der Waals surface area contributed by atoms with E-state index in [0.717, 1.165) is 25.1 Å². The maximum Gasteiger partial charge on any atom is 0.165 e. The molecular weight excluding hydrogens is 259 g/mol. The number of rotatable bonds is 7. The summed E-state index contributed by atoms with van der Waals surface area (Å²) in [6.07, 6.45) is 4.46. The standard InChI is InChI=1S/C14H19FN4O/c1-11(12-4-5-13(15)14(10-12)20-2)16-6-3-8-19-9-7-17-18-19/h4-5,7,9-11,16H,3,6,8H2,1-2H3. The molecule has 5 nitrogen and oxygen atoms in total. The molecule has 0 spiro atoms. The molecule has 6 heteroatoms. The SMILES string of the molecule is COc1cc(C(C)NCCCn2ccnn2)ccc1F. The first-order chi connectivity index (χ1) is 9.70. The van der Waals surface area contributed by atoms with Gasteiger partial charge in [0.05, 0.1) is 13.3 Å². The van der Waals surface area contributed by atoms with E-state index in [1.54, 1.807) is 23.0 Å². The summed E-state index contributed by atoms with van der Waals surface area (Å²) < 4.78 is 20.1. The fourth-order valence-corrected chi connectivity index (χ4v) is 1.98. The molecule has 0 aliphatic heterocycles. The summed E-state index contributed by atoms with van der Waals surface area (Å²) in [5, 5.41) is 11.1. The normalized spacial score (nSPS) is 12.3. The Morgan fingerprint density at radius 1 is 1.45 bits per heavy atom. The number of benzene rings is 1. The van der Waals surface area contributed by atoms with Crippen LogP contribution >= 0.6 is 0 Å². The second-order valence-corrected chi connectivity index (χ2v) is 4.59. The predicted octanol–water partition coefficient (Wildman–Crippen LogP) is 2.17. The van der Waals surface area contributed by atoms with Gasteiger partial charge in [0.2, 0.25) is 0 Å². The van der Waals surface area contributed by atoms with Gasteiger partial charge in [-0.2, -0.15) is 0 Å². The van der Waals surface area contributed by atoms with Gasteiger partial charge < -0.3 is 10.1 Å². The van der Waals surface area contributed by atoms with Gasteiger partial charge in [-0.25, -0.2) is 4.39 Å². The van der Waals surface area contributed by atoms with E-state index >= 15 is 0 Å². The van der Waals surface area contributed by atoms with E-state index in [0.29, 0.717) is 0 Å². The third-order valence-corrected chi connectivity index (χ3v) is 3.16. The largest absolute Gasteiger partial charge is 0.494 e. The van der Waals surface area contributed by atoms with Crippen molar-refractivity contribution in [3.63, 3.8) is 0 Å². The topological polar surface area (TPSA) is 52.0 Å². The lowest BCUT2D eigenvalue weighted by Crippen LogP contribution is -2.21. The van der Waals surface area contributed by atoms with E-state index in [1.165, 1.54) is 13.2 Å². The molecule has 2 rings (SSSR count). The first-order valence-electron chi connectivity index (χ1n) is 6.61. The second-order valence-electron chi connectivity index (χ2n) is 4.59. The van der Waals surface area contributed by atoms with Crippen LogP contribution in [-0.2, 0) is 6.54 Å². The highest BCUT2D eigenvalue weighted by molar-refractivity contribution is 5.31. The van der Waals surface area contributed by atoms with E-state index in [2.05, 4.69) is 15.6 Å². The zero-order chi connectivity index (χ0) is 14.4. The first-order valence-corrected chi connectivity index (χ1v) is 6.61. The number of methoxy groups -OCH3 is 1. The molecule has 0 saturated heterocycles. The van der Waals surface area contributed by atoms with E-state index in [4.69, 9.17) is 4.74 Å². The number of aromatic nitrogens is 3. The Morgan fingerprint density at radius 2 is 2.30 bits per heavy atom. The van der Waals surface area contributed by atoms with Crippen molar-refractivity contribution in [1.29, 1.82) is 0 Å². The lowest BCUT2D eigenvalue weighted by atomic mass is 10.1. The van der Waals surface area contributed by atoms with Crippen LogP contribution in [-0.4, -0.2) is 28.6 Å². The molecule has 0 aliphatic rings. The van der Waals surface area contributed by atoms with Crippen molar-refractivity contribution < 1.29 is 9.13 Å². The number of hydrogen-bond acceptors (Lipinski definition) is 4. The maximum absolute atomic E-state index is 13.3. The summed E-state index contributed by atoms with van der Waals surface area (Å²) in [4.78, 5) is 0. The smallest absolute Gasteiger partial charge is 0.165 e. The number of aryl methyl sites for hydroxylation is 1. The van der Waals surface area contributed by atoms with Gasteiger partial charge in [-0.15, -0.1) is 5.10 Å². The number of halogens is 1. The van der Waals surface area contributed by atoms with E-state index < -0.39 is 0 Å². The number of ether oxygens (including phenoxy) is 1. The van der Waals surface area contributed by atoms with Crippen molar-refractivity contribution in [2.24, 2.45) is 0 Å². The average Bonchev–Trinajstić information content (AvgIpc) is 2.97. The van der Waals surface area contributed by atoms with Gasteiger partial charge in [0.1, 0.15) is 0 Å². The van der Waals surface area contributed by atoms with Gasteiger partial charge in [0, 0.05) is 18.8 Å². The van der Waals surface area contributed by atoms with Crippen molar-refractivity contribution >= 4 is 0 Å². The molecule has 0 fully saturated rings. The van der Waals surface area contributed by atoms with Crippen LogP contribution < -0.4 is 10.1 Å². The molecule has 1 unspecified atom stereocenters. The van der Waals surface area contributed by atoms with Crippen LogP contribution in [0.2, 0.25) is 0 Å². The van der Waals surface area contributed by atoms with Crippen LogP contribution in [0.3, 0.4) is 0 Å². The number of nitrogens with one attached hydrogen (secondary N) is 1. The maximum atomic E-state index is 13.3. The molecule has 20 heavy (non-hydrogen) atoms. The summed E-state index contributed by atoms with van der Waals surface area (Å²) in [5.74, 6) is -0.0617. The van der Waals surface area contributed by atoms with Gasteiger partial charge in [-0.1, -0.05) is 11.3 Å². The molecule has 0 saturated carbocycles. The van der Waals surface area contributed by atoms with Gasteiger partial charge in [-0.05, 0) is 37.6 Å². The number of hydrogen-bond donors (Lipinski definition) is 1. The molecule has 1 aromatic carbocycles. The van der Waals surface area contributed by atoms with Crippen molar-refractivity contribution in [3.05, 3.63) is 42.0 Å². The Hall–Kier alpha value is -1.95. The molecule has 0 bridgehead atoms. The quantitative estimate of drug-likeness (QED) is 0.789. The van der Waals surface area contributed by atoms with Crippen LogP contribution in [0.15, 0.2) is 30.6 Å². The summed E-state index contributed by atoms with van der Waals surface area (Å²) in [6.45, 7) is 3.72. The molecule has 108 valence electrons.